The minimum atomic E-state index is -0.340. The average Bonchev–Trinajstić information content (AvgIpc) is 3.19. The van der Waals surface area contributed by atoms with Gasteiger partial charge in [-0.1, -0.05) is 30.3 Å². The summed E-state index contributed by atoms with van der Waals surface area (Å²) in [6, 6.07) is 18.5. The minimum Gasteiger partial charge on any atom is -0.462 e. The molecule has 1 heterocycles. The quantitative estimate of drug-likeness (QED) is 0.266. The molecule has 1 aromatic heterocycles. The first-order chi connectivity index (χ1) is 14.1. The van der Waals surface area contributed by atoms with E-state index in [1.807, 2.05) is 49.4 Å². The number of rotatable bonds is 6. The lowest BCUT2D eigenvalue weighted by Crippen LogP contribution is -2.24. The molecule has 0 unspecified atom stereocenters. The second-order valence-electron chi connectivity index (χ2n) is 6.14. The molecular formula is C22H21N3O3S. The van der Waals surface area contributed by atoms with Gasteiger partial charge in [0.15, 0.2) is 5.11 Å². The first-order valence-electron chi connectivity index (χ1n) is 9.10. The van der Waals surface area contributed by atoms with E-state index in [2.05, 4.69) is 15.8 Å². The zero-order chi connectivity index (χ0) is 20.6. The van der Waals surface area contributed by atoms with Crippen molar-refractivity contribution < 1.29 is 13.9 Å². The van der Waals surface area contributed by atoms with Crippen LogP contribution >= 0.6 is 12.2 Å². The van der Waals surface area contributed by atoms with Crippen molar-refractivity contribution in [2.45, 2.75) is 13.8 Å². The van der Waals surface area contributed by atoms with Gasteiger partial charge in [-0.05, 0) is 62.0 Å². The van der Waals surface area contributed by atoms with Gasteiger partial charge in [0.05, 0.1) is 18.4 Å². The molecule has 0 aliphatic rings. The second-order valence-corrected chi connectivity index (χ2v) is 6.55. The lowest BCUT2D eigenvalue weighted by molar-refractivity contribution is 0.0526. The number of nitrogens with zero attached hydrogens (tertiary/aromatic N) is 1. The number of furan rings is 1. The fourth-order valence-electron chi connectivity index (χ4n) is 2.58. The summed E-state index contributed by atoms with van der Waals surface area (Å²) in [5.41, 5.74) is 6.13. The van der Waals surface area contributed by atoms with Crippen molar-refractivity contribution in [2.24, 2.45) is 5.10 Å². The first kappa shape index (κ1) is 20.3. The first-order valence-corrected chi connectivity index (χ1v) is 9.50. The number of anilines is 1. The molecule has 0 amide bonds. The molecule has 2 aromatic carbocycles. The van der Waals surface area contributed by atoms with E-state index < -0.39 is 0 Å². The molecule has 148 valence electrons. The summed E-state index contributed by atoms with van der Waals surface area (Å²) >= 11 is 5.24. The third-order valence-electron chi connectivity index (χ3n) is 4.06. The Kier molecular flexibility index (Phi) is 6.76. The topological polar surface area (TPSA) is 75.9 Å². The van der Waals surface area contributed by atoms with Crippen LogP contribution in [-0.4, -0.2) is 23.9 Å². The van der Waals surface area contributed by atoms with Crippen molar-refractivity contribution in [3.8, 4) is 11.3 Å². The number of carbonyl (C=O) groups is 1. The Hall–Kier alpha value is -3.45. The smallest absolute Gasteiger partial charge is 0.338 e. The number of carbonyl (C=O) groups excluding carboxylic acids is 1. The standard InChI is InChI=1S/C22H21N3O3S/c1-3-27-21(26)17-10-8-16(9-11-17)20-13-12-18(28-20)14-23-25-22(29)24-19-7-5-4-6-15(19)2/h4-14H,3H2,1-2H3,(H2,24,25,29)/b23-14-. The second kappa shape index (κ2) is 9.66. The highest BCUT2D eigenvalue weighted by molar-refractivity contribution is 7.80. The minimum absolute atomic E-state index is 0.340. The van der Waals surface area contributed by atoms with Crippen LogP contribution in [-0.2, 0) is 4.74 Å². The average molecular weight is 407 g/mol. The van der Waals surface area contributed by atoms with Crippen molar-refractivity contribution in [2.75, 3.05) is 11.9 Å². The van der Waals surface area contributed by atoms with Crippen molar-refractivity contribution in [3.63, 3.8) is 0 Å². The fraction of sp³-hybridized carbons (Fsp3) is 0.136. The monoisotopic (exact) mass is 407 g/mol. The van der Waals surface area contributed by atoms with Crippen LogP contribution in [0.1, 0.15) is 28.6 Å². The lowest BCUT2D eigenvalue weighted by Gasteiger charge is -2.09. The number of hydrogen-bond donors (Lipinski definition) is 2. The van der Waals surface area contributed by atoms with Crippen molar-refractivity contribution in [1.29, 1.82) is 0 Å². The maximum absolute atomic E-state index is 11.7. The normalized spacial score (nSPS) is 10.7. The number of hydrazone groups is 1. The van der Waals surface area contributed by atoms with Crippen LogP contribution in [0.4, 0.5) is 5.69 Å². The van der Waals surface area contributed by atoms with Gasteiger partial charge in [0, 0.05) is 11.3 Å². The molecular weight excluding hydrogens is 386 g/mol. The number of thiocarbonyl (C=S) groups is 1. The Morgan fingerprint density at radius 2 is 1.90 bits per heavy atom. The summed E-state index contributed by atoms with van der Waals surface area (Å²) in [5, 5.41) is 7.57. The summed E-state index contributed by atoms with van der Waals surface area (Å²) in [4.78, 5) is 11.7. The maximum atomic E-state index is 11.7. The van der Waals surface area contributed by atoms with E-state index in [9.17, 15) is 4.79 Å². The Morgan fingerprint density at radius 3 is 2.62 bits per heavy atom. The van der Waals surface area contributed by atoms with Crippen LogP contribution in [0.2, 0.25) is 0 Å². The highest BCUT2D eigenvalue weighted by Gasteiger charge is 2.08. The molecule has 0 aliphatic heterocycles. The Labute approximate surface area is 174 Å². The summed E-state index contributed by atoms with van der Waals surface area (Å²) in [5.74, 6) is 0.899. The van der Waals surface area contributed by atoms with Crippen LogP contribution in [0.3, 0.4) is 0 Å². The van der Waals surface area contributed by atoms with Gasteiger partial charge >= 0.3 is 5.97 Å². The number of hydrogen-bond acceptors (Lipinski definition) is 5. The Balaban J connectivity index is 1.58. The molecule has 29 heavy (non-hydrogen) atoms. The van der Waals surface area contributed by atoms with Gasteiger partial charge in [-0.2, -0.15) is 5.10 Å². The molecule has 0 radical (unpaired) electrons. The van der Waals surface area contributed by atoms with Crippen LogP contribution in [0.5, 0.6) is 0 Å². The zero-order valence-electron chi connectivity index (χ0n) is 16.1. The predicted molar refractivity (Wildman–Crippen MR) is 118 cm³/mol. The van der Waals surface area contributed by atoms with E-state index in [1.54, 1.807) is 31.3 Å². The van der Waals surface area contributed by atoms with Gasteiger partial charge in [0.1, 0.15) is 11.5 Å². The van der Waals surface area contributed by atoms with Crippen LogP contribution in [0.25, 0.3) is 11.3 Å². The van der Waals surface area contributed by atoms with E-state index in [0.29, 0.717) is 28.8 Å². The molecule has 3 aromatic rings. The molecule has 0 spiro atoms. The fourth-order valence-corrected chi connectivity index (χ4v) is 2.74. The van der Waals surface area contributed by atoms with Crippen molar-refractivity contribution >= 4 is 35.2 Å². The van der Waals surface area contributed by atoms with Gasteiger partial charge in [-0.25, -0.2) is 4.79 Å². The third-order valence-corrected chi connectivity index (χ3v) is 4.25. The summed E-state index contributed by atoms with van der Waals surface area (Å²) in [6.45, 7) is 4.12. The van der Waals surface area contributed by atoms with E-state index >= 15 is 0 Å². The molecule has 3 rings (SSSR count). The van der Waals surface area contributed by atoms with E-state index in [-0.39, 0.29) is 5.97 Å². The Morgan fingerprint density at radius 1 is 1.14 bits per heavy atom. The van der Waals surface area contributed by atoms with E-state index in [1.165, 1.54) is 0 Å². The van der Waals surface area contributed by atoms with Crippen LogP contribution < -0.4 is 10.7 Å². The zero-order valence-corrected chi connectivity index (χ0v) is 17.0. The molecule has 2 N–H and O–H groups in total. The SMILES string of the molecule is CCOC(=O)c1ccc(-c2ccc(/C=N\NC(=S)Nc3ccccc3C)o2)cc1. The van der Waals surface area contributed by atoms with Crippen molar-refractivity contribution in [3.05, 3.63) is 77.6 Å². The van der Waals surface area contributed by atoms with Gasteiger partial charge in [0.25, 0.3) is 0 Å². The molecule has 6 nitrogen and oxygen atoms in total. The van der Waals surface area contributed by atoms with Crippen LogP contribution in [0.15, 0.2) is 70.2 Å². The molecule has 0 aliphatic carbocycles. The van der Waals surface area contributed by atoms with Gasteiger partial charge in [0.2, 0.25) is 0 Å². The number of ether oxygens (including phenoxy) is 1. The Bertz CT molecular complexity index is 1030. The molecule has 0 saturated carbocycles. The molecule has 0 fully saturated rings. The summed E-state index contributed by atoms with van der Waals surface area (Å²) in [6.07, 6.45) is 1.54. The van der Waals surface area contributed by atoms with Gasteiger partial charge in [-0.15, -0.1) is 0 Å². The number of benzene rings is 2. The molecule has 0 saturated heterocycles. The molecule has 0 atom stereocenters. The number of para-hydroxylation sites is 1. The van der Waals surface area contributed by atoms with E-state index in [0.717, 1.165) is 16.8 Å². The molecule has 0 bridgehead atoms. The predicted octanol–water partition coefficient (Wildman–Crippen LogP) is 4.75. The summed E-state index contributed by atoms with van der Waals surface area (Å²) in [7, 11) is 0. The third kappa shape index (κ3) is 5.52. The maximum Gasteiger partial charge on any atom is 0.338 e. The number of aryl methyl sites for hydroxylation is 1. The van der Waals surface area contributed by atoms with Gasteiger partial charge < -0.3 is 14.5 Å². The van der Waals surface area contributed by atoms with Gasteiger partial charge in [-0.3, -0.25) is 5.43 Å². The highest BCUT2D eigenvalue weighted by Crippen LogP contribution is 2.22. The van der Waals surface area contributed by atoms with E-state index in [4.69, 9.17) is 21.4 Å². The number of esters is 1. The largest absolute Gasteiger partial charge is 0.462 e. The highest BCUT2D eigenvalue weighted by atomic mass is 32.1. The lowest BCUT2D eigenvalue weighted by atomic mass is 10.1. The van der Waals surface area contributed by atoms with Crippen LogP contribution in [0, 0.1) is 6.92 Å². The van der Waals surface area contributed by atoms with Crippen molar-refractivity contribution in [1.82, 2.24) is 5.43 Å². The summed E-state index contributed by atoms with van der Waals surface area (Å²) < 4.78 is 10.8. The number of nitrogens with one attached hydrogen (secondary N) is 2. The molecule has 7 heteroatoms.